The first-order valence-corrected chi connectivity index (χ1v) is 3.95. The van der Waals surface area contributed by atoms with Crippen LogP contribution in [-0.2, 0) is 0 Å². The Morgan fingerprint density at radius 1 is 1.00 bits per heavy atom. The van der Waals surface area contributed by atoms with Gasteiger partial charge in [0.05, 0.1) is 0 Å². The average Bonchev–Trinajstić information content (AvgIpc) is 2.03. The molecule has 0 aromatic heterocycles. The highest BCUT2D eigenvalue weighted by molar-refractivity contribution is 5.05. The molecule has 0 heteroatoms. The fourth-order valence-corrected chi connectivity index (χ4v) is 0.625. The van der Waals surface area contributed by atoms with Gasteiger partial charge in [0, 0.05) is 0 Å². The molecule has 0 radical (unpaired) electrons. The minimum absolute atomic E-state index is 0.952. The maximum Gasteiger partial charge on any atom is -0.0166 e. The normalized spacial score (nSPS) is 12.1. The van der Waals surface area contributed by atoms with Crippen LogP contribution in [0.15, 0.2) is 49.1 Å². The van der Waals surface area contributed by atoms with E-state index in [9.17, 15) is 0 Å². The largest absolute Gasteiger partial charge is 0.103 e. The van der Waals surface area contributed by atoms with Crippen molar-refractivity contribution in [1.29, 1.82) is 0 Å². The van der Waals surface area contributed by atoms with Crippen molar-refractivity contribution in [3.63, 3.8) is 0 Å². The SMILES string of the molecule is C=CC/C=C\C=C/C/C=C/C. The van der Waals surface area contributed by atoms with Crippen LogP contribution >= 0.6 is 0 Å². The highest BCUT2D eigenvalue weighted by atomic mass is 13.7. The predicted octanol–water partition coefficient (Wildman–Crippen LogP) is 3.64. The fraction of sp³-hybridized carbons (Fsp3) is 0.273. The van der Waals surface area contributed by atoms with E-state index in [4.69, 9.17) is 0 Å². The molecule has 0 N–H and O–H groups in total. The van der Waals surface area contributed by atoms with E-state index in [1.54, 1.807) is 0 Å². The van der Waals surface area contributed by atoms with Gasteiger partial charge >= 0.3 is 0 Å². The Balaban J connectivity index is 3.35. The van der Waals surface area contributed by atoms with Crippen molar-refractivity contribution in [2.24, 2.45) is 0 Å². The molecule has 0 amide bonds. The predicted molar refractivity (Wildman–Crippen MR) is 52.5 cm³/mol. The van der Waals surface area contributed by atoms with Gasteiger partial charge in [-0.15, -0.1) is 6.58 Å². The second kappa shape index (κ2) is 8.96. The zero-order valence-electron chi connectivity index (χ0n) is 7.16. The number of allylic oxidation sites excluding steroid dienone is 7. The Morgan fingerprint density at radius 3 is 2.18 bits per heavy atom. The van der Waals surface area contributed by atoms with E-state index >= 15 is 0 Å². The molecule has 0 nitrogen and oxygen atoms in total. The lowest BCUT2D eigenvalue weighted by atomic mass is 10.3. The van der Waals surface area contributed by atoms with Gasteiger partial charge in [0.2, 0.25) is 0 Å². The molecule has 0 aliphatic heterocycles. The highest BCUT2D eigenvalue weighted by Crippen LogP contribution is 1.88. The van der Waals surface area contributed by atoms with Gasteiger partial charge in [-0.3, -0.25) is 0 Å². The number of rotatable bonds is 5. The standard InChI is InChI=1S/C11H16/c1-3-5-7-9-11-10-8-6-4-2/h3-4,6-7,9-11H,1,5,8H2,2H3/b6-4+,9-7-,11-10-. The molecule has 0 heterocycles. The molecule has 0 saturated carbocycles. The van der Waals surface area contributed by atoms with Gasteiger partial charge in [0.25, 0.3) is 0 Å². The summed E-state index contributed by atoms with van der Waals surface area (Å²) in [7, 11) is 0. The van der Waals surface area contributed by atoms with Gasteiger partial charge in [-0.05, 0) is 19.8 Å². The van der Waals surface area contributed by atoms with Crippen LogP contribution in [0.25, 0.3) is 0 Å². The van der Waals surface area contributed by atoms with Crippen LogP contribution in [-0.4, -0.2) is 0 Å². The zero-order valence-corrected chi connectivity index (χ0v) is 7.16. The summed E-state index contributed by atoms with van der Waals surface area (Å²) in [5, 5.41) is 0. The molecule has 0 rings (SSSR count). The summed E-state index contributed by atoms with van der Waals surface area (Å²) < 4.78 is 0. The van der Waals surface area contributed by atoms with Gasteiger partial charge in [-0.25, -0.2) is 0 Å². The Kier molecular flexibility index (Phi) is 8.11. The second-order valence-corrected chi connectivity index (χ2v) is 2.19. The number of hydrogen-bond acceptors (Lipinski definition) is 0. The quantitative estimate of drug-likeness (QED) is 0.412. The summed E-state index contributed by atoms with van der Waals surface area (Å²) in [6.45, 7) is 5.65. The van der Waals surface area contributed by atoms with Crippen molar-refractivity contribution >= 4 is 0 Å². The highest BCUT2D eigenvalue weighted by Gasteiger charge is 1.67. The molecule has 0 atom stereocenters. The van der Waals surface area contributed by atoms with Crippen LogP contribution in [0.3, 0.4) is 0 Å². The lowest BCUT2D eigenvalue weighted by Crippen LogP contribution is -1.57. The smallest absolute Gasteiger partial charge is 0.0166 e. The molecule has 60 valence electrons. The van der Waals surface area contributed by atoms with Crippen LogP contribution in [0.5, 0.6) is 0 Å². The third-order valence-electron chi connectivity index (χ3n) is 1.19. The van der Waals surface area contributed by atoms with E-state index in [2.05, 4.69) is 37.0 Å². The topological polar surface area (TPSA) is 0 Å². The van der Waals surface area contributed by atoms with Crippen molar-refractivity contribution in [2.75, 3.05) is 0 Å². The Morgan fingerprint density at radius 2 is 1.64 bits per heavy atom. The second-order valence-electron chi connectivity index (χ2n) is 2.19. The van der Waals surface area contributed by atoms with Crippen molar-refractivity contribution < 1.29 is 0 Å². The van der Waals surface area contributed by atoms with E-state index in [0.29, 0.717) is 0 Å². The third-order valence-corrected chi connectivity index (χ3v) is 1.19. The van der Waals surface area contributed by atoms with E-state index in [1.165, 1.54) is 0 Å². The summed E-state index contributed by atoms with van der Waals surface area (Å²) >= 11 is 0. The maximum absolute atomic E-state index is 3.62. The van der Waals surface area contributed by atoms with Crippen molar-refractivity contribution in [2.45, 2.75) is 19.8 Å². The summed E-state index contributed by atoms with van der Waals surface area (Å²) in [5.74, 6) is 0. The molecule has 0 aromatic carbocycles. The van der Waals surface area contributed by atoms with Crippen molar-refractivity contribution in [1.82, 2.24) is 0 Å². The van der Waals surface area contributed by atoms with E-state index in [-0.39, 0.29) is 0 Å². The van der Waals surface area contributed by atoms with Gasteiger partial charge < -0.3 is 0 Å². The molecule has 0 aliphatic rings. The molecule has 0 fully saturated rings. The van der Waals surface area contributed by atoms with Crippen LogP contribution in [0.1, 0.15) is 19.8 Å². The number of hydrogen-bond donors (Lipinski definition) is 0. The molecule has 0 aliphatic carbocycles. The van der Waals surface area contributed by atoms with E-state index < -0.39 is 0 Å². The minimum atomic E-state index is 0.952. The lowest BCUT2D eigenvalue weighted by Gasteiger charge is -1.78. The Labute approximate surface area is 69.6 Å². The minimum Gasteiger partial charge on any atom is -0.103 e. The van der Waals surface area contributed by atoms with Gasteiger partial charge in [-0.1, -0.05) is 42.5 Å². The zero-order chi connectivity index (χ0) is 8.36. The Bertz CT molecular complexity index is 159. The van der Waals surface area contributed by atoms with Crippen LogP contribution in [0.4, 0.5) is 0 Å². The monoisotopic (exact) mass is 148 g/mol. The van der Waals surface area contributed by atoms with Crippen molar-refractivity contribution in [3.05, 3.63) is 49.1 Å². The molecular weight excluding hydrogens is 132 g/mol. The molecule has 0 bridgehead atoms. The molecule has 0 saturated heterocycles. The molecule has 0 unspecified atom stereocenters. The van der Waals surface area contributed by atoms with Crippen molar-refractivity contribution in [3.8, 4) is 0 Å². The molecule has 0 aromatic rings. The van der Waals surface area contributed by atoms with Crippen LogP contribution < -0.4 is 0 Å². The fourth-order valence-electron chi connectivity index (χ4n) is 0.625. The summed E-state index contributed by atoms with van der Waals surface area (Å²) in [6, 6.07) is 0. The summed E-state index contributed by atoms with van der Waals surface area (Å²) in [4.78, 5) is 0. The molecular formula is C11H16. The summed E-state index contributed by atoms with van der Waals surface area (Å²) in [5.41, 5.74) is 0. The van der Waals surface area contributed by atoms with E-state index in [1.807, 2.05) is 19.1 Å². The third kappa shape index (κ3) is 8.96. The Hall–Kier alpha value is -1.04. The first kappa shape index (κ1) is 9.96. The van der Waals surface area contributed by atoms with E-state index in [0.717, 1.165) is 12.8 Å². The first-order chi connectivity index (χ1) is 5.41. The van der Waals surface area contributed by atoms with Crippen LogP contribution in [0, 0.1) is 0 Å². The van der Waals surface area contributed by atoms with Gasteiger partial charge in [0.1, 0.15) is 0 Å². The first-order valence-electron chi connectivity index (χ1n) is 3.95. The van der Waals surface area contributed by atoms with Gasteiger partial charge in [-0.2, -0.15) is 0 Å². The average molecular weight is 148 g/mol. The van der Waals surface area contributed by atoms with Gasteiger partial charge in [0.15, 0.2) is 0 Å². The maximum atomic E-state index is 3.62. The van der Waals surface area contributed by atoms with Crippen LogP contribution in [0.2, 0.25) is 0 Å². The lowest BCUT2D eigenvalue weighted by molar-refractivity contribution is 1.37. The molecule has 11 heavy (non-hydrogen) atoms. The molecule has 0 spiro atoms. The summed E-state index contributed by atoms with van der Waals surface area (Å²) in [6.07, 6.45) is 16.3.